The van der Waals surface area contributed by atoms with Crippen LogP contribution in [-0.4, -0.2) is 9.97 Å². The Balaban J connectivity index is 1.29. The highest BCUT2D eigenvalue weighted by molar-refractivity contribution is 5.54. The molecule has 0 amide bonds. The van der Waals surface area contributed by atoms with Crippen LogP contribution in [0.4, 0.5) is 0 Å². The third-order valence-corrected chi connectivity index (χ3v) is 6.77. The zero-order valence-electron chi connectivity index (χ0n) is 13.8. The number of H-pyrrole nitrogens is 1. The second-order valence-electron chi connectivity index (χ2n) is 8.54. The lowest BCUT2D eigenvalue weighted by molar-refractivity contribution is -0.0570. The highest BCUT2D eigenvalue weighted by Crippen LogP contribution is 2.61. The molecule has 2 aromatic rings. The van der Waals surface area contributed by atoms with Crippen LogP contribution in [0.5, 0.6) is 0 Å². The van der Waals surface area contributed by atoms with Crippen LogP contribution in [0.3, 0.4) is 0 Å². The standard InChI is InChI=1S/C21H26N2/c1-2-4-18(5-3-1)20-22-14-19(23-20)6-7-21-11-15-8-16(12-21)10-17(9-15)13-21/h1-5,14-17H,6-13H2,(H,22,23). The number of benzene rings is 1. The molecule has 1 heterocycles. The quantitative estimate of drug-likeness (QED) is 0.823. The van der Waals surface area contributed by atoms with E-state index in [1.807, 2.05) is 0 Å². The molecule has 120 valence electrons. The van der Waals surface area contributed by atoms with Gasteiger partial charge in [0, 0.05) is 17.5 Å². The monoisotopic (exact) mass is 306 g/mol. The molecule has 4 aliphatic carbocycles. The van der Waals surface area contributed by atoms with Gasteiger partial charge in [-0.3, -0.25) is 0 Å². The minimum atomic E-state index is 0.673. The number of nitrogens with one attached hydrogen (secondary N) is 1. The molecule has 4 fully saturated rings. The average molecular weight is 306 g/mol. The van der Waals surface area contributed by atoms with E-state index in [0.717, 1.165) is 23.6 Å². The van der Waals surface area contributed by atoms with E-state index in [1.165, 1.54) is 43.4 Å². The Morgan fingerprint density at radius 2 is 1.61 bits per heavy atom. The lowest BCUT2D eigenvalue weighted by Gasteiger charge is -2.57. The van der Waals surface area contributed by atoms with Gasteiger partial charge < -0.3 is 4.98 Å². The number of imidazole rings is 1. The molecule has 4 bridgehead atoms. The van der Waals surface area contributed by atoms with Crippen molar-refractivity contribution in [2.24, 2.45) is 23.2 Å². The minimum Gasteiger partial charge on any atom is -0.342 e. The molecule has 0 saturated heterocycles. The summed E-state index contributed by atoms with van der Waals surface area (Å²) in [5.74, 6) is 4.19. The van der Waals surface area contributed by atoms with E-state index in [9.17, 15) is 0 Å². The summed E-state index contributed by atoms with van der Waals surface area (Å²) >= 11 is 0. The zero-order chi connectivity index (χ0) is 15.3. The fourth-order valence-corrected chi connectivity index (χ4v) is 6.22. The van der Waals surface area contributed by atoms with Gasteiger partial charge >= 0.3 is 0 Å². The first-order chi connectivity index (χ1) is 11.3. The van der Waals surface area contributed by atoms with Crippen LogP contribution in [-0.2, 0) is 6.42 Å². The predicted octanol–water partition coefficient (Wildman–Crippen LogP) is 5.23. The molecule has 0 unspecified atom stereocenters. The molecule has 4 aliphatic rings. The highest BCUT2D eigenvalue weighted by Gasteiger charge is 2.50. The molecule has 0 aliphatic heterocycles. The molecular weight excluding hydrogens is 280 g/mol. The Morgan fingerprint density at radius 1 is 0.957 bits per heavy atom. The van der Waals surface area contributed by atoms with Crippen molar-refractivity contribution in [2.45, 2.75) is 51.4 Å². The van der Waals surface area contributed by atoms with Crippen molar-refractivity contribution >= 4 is 0 Å². The Morgan fingerprint density at radius 3 is 2.26 bits per heavy atom. The fraction of sp³-hybridized carbons (Fsp3) is 0.571. The second-order valence-corrected chi connectivity index (χ2v) is 8.54. The first-order valence-electron chi connectivity index (χ1n) is 9.37. The molecule has 4 saturated carbocycles. The van der Waals surface area contributed by atoms with E-state index in [2.05, 4.69) is 46.5 Å². The van der Waals surface area contributed by atoms with Crippen molar-refractivity contribution < 1.29 is 0 Å². The van der Waals surface area contributed by atoms with Crippen molar-refractivity contribution in [3.05, 3.63) is 42.2 Å². The maximum absolute atomic E-state index is 4.60. The van der Waals surface area contributed by atoms with Crippen LogP contribution >= 0.6 is 0 Å². The average Bonchev–Trinajstić information content (AvgIpc) is 3.02. The molecule has 0 atom stereocenters. The van der Waals surface area contributed by atoms with Gasteiger partial charge in [0.1, 0.15) is 5.82 Å². The van der Waals surface area contributed by atoms with Gasteiger partial charge in [-0.15, -0.1) is 0 Å². The van der Waals surface area contributed by atoms with Crippen molar-refractivity contribution in [2.75, 3.05) is 0 Å². The van der Waals surface area contributed by atoms with Gasteiger partial charge in [-0.05, 0) is 74.5 Å². The van der Waals surface area contributed by atoms with Gasteiger partial charge in [-0.25, -0.2) is 4.98 Å². The maximum atomic E-state index is 4.60. The number of aryl methyl sites for hydroxylation is 1. The van der Waals surface area contributed by atoms with Gasteiger partial charge in [-0.2, -0.15) is 0 Å². The molecule has 0 spiro atoms. The summed E-state index contributed by atoms with van der Waals surface area (Å²) < 4.78 is 0. The normalized spacial score (nSPS) is 34.9. The summed E-state index contributed by atoms with van der Waals surface area (Å²) in [6.45, 7) is 0. The van der Waals surface area contributed by atoms with E-state index in [-0.39, 0.29) is 0 Å². The first-order valence-corrected chi connectivity index (χ1v) is 9.37. The van der Waals surface area contributed by atoms with Crippen LogP contribution in [0.15, 0.2) is 36.5 Å². The van der Waals surface area contributed by atoms with Gasteiger partial charge in [0.25, 0.3) is 0 Å². The zero-order valence-corrected chi connectivity index (χ0v) is 13.8. The first kappa shape index (κ1) is 13.8. The van der Waals surface area contributed by atoms with E-state index < -0.39 is 0 Å². The van der Waals surface area contributed by atoms with Gasteiger partial charge in [0.2, 0.25) is 0 Å². The van der Waals surface area contributed by atoms with E-state index >= 15 is 0 Å². The van der Waals surface area contributed by atoms with Crippen LogP contribution in [0, 0.1) is 23.2 Å². The molecule has 23 heavy (non-hydrogen) atoms. The van der Waals surface area contributed by atoms with E-state index in [4.69, 9.17) is 0 Å². The summed E-state index contributed by atoms with van der Waals surface area (Å²) in [6, 6.07) is 10.5. The molecule has 1 aromatic carbocycles. The van der Waals surface area contributed by atoms with Gasteiger partial charge in [0.15, 0.2) is 0 Å². The van der Waals surface area contributed by atoms with E-state index in [1.54, 1.807) is 19.3 Å². The summed E-state index contributed by atoms with van der Waals surface area (Å²) in [5.41, 5.74) is 3.18. The van der Waals surface area contributed by atoms with Crippen LogP contribution in [0.25, 0.3) is 11.4 Å². The summed E-state index contributed by atoms with van der Waals surface area (Å²) in [6.07, 6.45) is 13.8. The van der Waals surface area contributed by atoms with Crippen LogP contribution in [0.1, 0.15) is 50.6 Å². The number of nitrogens with zero attached hydrogens (tertiary/aromatic N) is 1. The SMILES string of the molecule is c1ccc(-c2ncc(CCC34CC5CC(CC(C5)C3)C4)[nH]2)cc1. The fourth-order valence-electron chi connectivity index (χ4n) is 6.22. The number of hydrogen-bond acceptors (Lipinski definition) is 1. The lowest BCUT2D eigenvalue weighted by atomic mass is 9.48. The van der Waals surface area contributed by atoms with E-state index in [0.29, 0.717) is 5.41 Å². The van der Waals surface area contributed by atoms with Crippen LogP contribution in [0.2, 0.25) is 0 Å². The van der Waals surface area contributed by atoms with Crippen molar-refractivity contribution in [1.29, 1.82) is 0 Å². The number of aromatic nitrogens is 2. The third-order valence-electron chi connectivity index (χ3n) is 6.77. The van der Waals surface area contributed by atoms with Gasteiger partial charge in [0.05, 0.1) is 0 Å². The summed E-state index contributed by atoms with van der Waals surface area (Å²) in [7, 11) is 0. The molecule has 2 heteroatoms. The molecule has 0 radical (unpaired) electrons. The third kappa shape index (κ3) is 2.52. The highest BCUT2D eigenvalue weighted by atomic mass is 14.9. The second kappa shape index (κ2) is 5.22. The Bertz CT molecular complexity index is 650. The Hall–Kier alpha value is -1.57. The van der Waals surface area contributed by atoms with Crippen molar-refractivity contribution in [3.8, 4) is 11.4 Å². The number of aromatic amines is 1. The molecule has 1 aromatic heterocycles. The molecule has 6 rings (SSSR count). The number of rotatable bonds is 4. The summed E-state index contributed by atoms with van der Waals surface area (Å²) in [5, 5.41) is 0. The Labute approximate surface area is 138 Å². The molecule has 1 N–H and O–H groups in total. The number of hydrogen-bond donors (Lipinski definition) is 1. The predicted molar refractivity (Wildman–Crippen MR) is 92.9 cm³/mol. The molecule has 2 nitrogen and oxygen atoms in total. The van der Waals surface area contributed by atoms with Crippen molar-refractivity contribution in [3.63, 3.8) is 0 Å². The minimum absolute atomic E-state index is 0.673. The molecular formula is C21H26N2. The Kier molecular flexibility index (Phi) is 3.14. The largest absolute Gasteiger partial charge is 0.342 e. The van der Waals surface area contributed by atoms with Gasteiger partial charge in [-0.1, -0.05) is 30.3 Å². The van der Waals surface area contributed by atoms with Crippen molar-refractivity contribution in [1.82, 2.24) is 9.97 Å². The maximum Gasteiger partial charge on any atom is 0.137 e. The topological polar surface area (TPSA) is 28.7 Å². The smallest absolute Gasteiger partial charge is 0.137 e. The lowest BCUT2D eigenvalue weighted by Crippen LogP contribution is -2.46. The summed E-state index contributed by atoms with van der Waals surface area (Å²) in [4.78, 5) is 8.15. The van der Waals surface area contributed by atoms with Crippen LogP contribution < -0.4 is 0 Å².